The summed E-state index contributed by atoms with van der Waals surface area (Å²) in [6.07, 6.45) is 0. The average molecular weight is 308 g/mol. The summed E-state index contributed by atoms with van der Waals surface area (Å²) in [5, 5.41) is 0. The van der Waals surface area contributed by atoms with Crippen LogP contribution < -0.4 is 10.0 Å². The fourth-order valence-corrected chi connectivity index (χ4v) is 3.84. The van der Waals surface area contributed by atoms with Crippen LogP contribution in [0.15, 0.2) is 47.4 Å². The number of hydrogen-bond donors (Lipinski definition) is 1. The summed E-state index contributed by atoms with van der Waals surface area (Å²) in [5.41, 5.74) is 6.46. The van der Waals surface area contributed by atoms with Crippen LogP contribution in [0.5, 0.6) is 0 Å². The first kappa shape index (κ1) is 15.3. The first-order valence-electron chi connectivity index (χ1n) is 6.51. The minimum atomic E-state index is -3.71. The highest BCUT2D eigenvalue weighted by Gasteiger charge is 2.25. The fourth-order valence-electron chi connectivity index (χ4n) is 2.14. The molecule has 2 rings (SSSR count). The van der Waals surface area contributed by atoms with E-state index in [2.05, 4.69) is 0 Å². The number of anilines is 2. The second kappa shape index (κ2) is 5.73. The average Bonchev–Trinajstić information content (AvgIpc) is 2.43. The van der Waals surface area contributed by atoms with Crippen LogP contribution in [0.25, 0.3) is 0 Å². The third kappa shape index (κ3) is 2.85. The highest BCUT2D eigenvalue weighted by Crippen LogP contribution is 2.27. The van der Waals surface area contributed by atoms with Crippen LogP contribution in [-0.4, -0.2) is 15.0 Å². The Morgan fingerprint density at radius 1 is 1.19 bits per heavy atom. The Morgan fingerprint density at radius 2 is 1.86 bits per heavy atom. The maximum Gasteiger partial charge on any atom is 0.264 e. The van der Waals surface area contributed by atoms with E-state index < -0.39 is 15.8 Å². The predicted octanol–water partition coefficient (Wildman–Crippen LogP) is 2.93. The largest absolute Gasteiger partial charge is 0.396 e. The van der Waals surface area contributed by atoms with E-state index in [0.29, 0.717) is 11.3 Å². The van der Waals surface area contributed by atoms with Gasteiger partial charge in [-0.15, -0.1) is 0 Å². The minimum Gasteiger partial charge on any atom is -0.396 e. The maximum atomic E-state index is 13.3. The summed E-state index contributed by atoms with van der Waals surface area (Å²) in [4.78, 5) is 0.231. The molecule has 0 atom stereocenters. The molecule has 0 bridgehead atoms. The van der Waals surface area contributed by atoms with Gasteiger partial charge in [-0.05, 0) is 43.7 Å². The number of benzene rings is 2. The smallest absolute Gasteiger partial charge is 0.264 e. The molecule has 112 valence electrons. The van der Waals surface area contributed by atoms with Gasteiger partial charge in [0.05, 0.1) is 16.3 Å². The molecule has 0 heterocycles. The molecule has 6 heteroatoms. The number of hydrogen-bond acceptors (Lipinski definition) is 3. The van der Waals surface area contributed by atoms with Crippen LogP contribution in [0.4, 0.5) is 15.8 Å². The van der Waals surface area contributed by atoms with Crippen molar-refractivity contribution >= 4 is 21.4 Å². The van der Waals surface area contributed by atoms with Crippen LogP contribution in [0, 0.1) is 12.7 Å². The highest BCUT2D eigenvalue weighted by molar-refractivity contribution is 7.92. The quantitative estimate of drug-likeness (QED) is 0.883. The monoisotopic (exact) mass is 308 g/mol. The van der Waals surface area contributed by atoms with Crippen molar-refractivity contribution in [2.24, 2.45) is 0 Å². The molecular weight excluding hydrogens is 291 g/mol. The number of rotatable bonds is 4. The van der Waals surface area contributed by atoms with E-state index in [1.807, 2.05) is 0 Å². The SMILES string of the molecule is CCN(c1ccc(F)c(N)c1)S(=O)(=O)c1ccccc1C. The second-order valence-corrected chi connectivity index (χ2v) is 6.47. The van der Waals surface area contributed by atoms with Crippen molar-refractivity contribution in [3.05, 3.63) is 53.8 Å². The molecular formula is C15H17FN2O2S. The van der Waals surface area contributed by atoms with Gasteiger partial charge in [0.15, 0.2) is 0 Å². The van der Waals surface area contributed by atoms with Crippen molar-refractivity contribution in [2.45, 2.75) is 18.7 Å². The lowest BCUT2D eigenvalue weighted by Crippen LogP contribution is -2.31. The van der Waals surface area contributed by atoms with Crippen LogP contribution >= 0.6 is 0 Å². The number of sulfonamides is 1. The van der Waals surface area contributed by atoms with Crippen molar-refractivity contribution in [3.63, 3.8) is 0 Å². The zero-order chi connectivity index (χ0) is 15.6. The van der Waals surface area contributed by atoms with Gasteiger partial charge in [0, 0.05) is 6.54 Å². The Labute approximate surface area is 124 Å². The topological polar surface area (TPSA) is 63.4 Å². The predicted molar refractivity (Wildman–Crippen MR) is 82.2 cm³/mol. The number of nitrogen functional groups attached to an aromatic ring is 1. The third-order valence-electron chi connectivity index (χ3n) is 3.22. The minimum absolute atomic E-state index is 0.0778. The summed E-state index contributed by atoms with van der Waals surface area (Å²) >= 11 is 0. The highest BCUT2D eigenvalue weighted by atomic mass is 32.2. The summed E-state index contributed by atoms with van der Waals surface area (Å²) in [6, 6.07) is 10.6. The molecule has 2 aromatic rings. The molecule has 0 saturated carbocycles. The Bertz CT molecular complexity index is 760. The van der Waals surface area contributed by atoms with Crippen molar-refractivity contribution < 1.29 is 12.8 Å². The molecule has 0 saturated heterocycles. The van der Waals surface area contributed by atoms with Gasteiger partial charge in [0.25, 0.3) is 10.0 Å². The molecule has 0 fully saturated rings. The van der Waals surface area contributed by atoms with Gasteiger partial charge in [-0.1, -0.05) is 18.2 Å². The van der Waals surface area contributed by atoms with Crippen molar-refractivity contribution in [3.8, 4) is 0 Å². The van der Waals surface area contributed by atoms with Gasteiger partial charge in [0.1, 0.15) is 5.82 Å². The lowest BCUT2D eigenvalue weighted by molar-refractivity contribution is 0.591. The van der Waals surface area contributed by atoms with E-state index in [4.69, 9.17) is 5.73 Å². The van der Waals surface area contributed by atoms with E-state index in [9.17, 15) is 12.8 Å². The Balaban J connectivity index is 2.55. The van der Waals surface area contributed by atoms with Crippen LogP contribution in [-0.2, 0) is 10.0 Å². The van der Waals surface area contributed by atoms with Gasteiger partial charge < -0.3 is 5.73 Å². The fraction of sp³-hybridized carbons (Fsp3) is 0.200. The van der Waals surface area contributed by atoms with Crippen LogP contribution in [0.2, 0.25) is 0 Å². The first-order valence-corrected chi connectivity index (χ1v) is 7.95. The number of nitrogens with two attached hydrogens (primary N) is 1. The Hall–Kier alpha value is -2.08. The van der Waals surface area contributed by atoms with Gasteiger partial charge in [-0.25, -0.2) is 12.8 Å². The first-order chi connectivity index (χ1) is 9.87. The lowest BCUT2D eigenvalue weighted by Gasteiger charge is -2.24. The van der Waals surface area contributed by atoms with Gasteiger partial charge >= 0.3 is 0 Å². The summed E-state index contributed by atoms with van der Waals surface area (Å²) in [7, 11) is -3.71. The summed E-state index contributed by atoms with van der Waals surface area (Å²) < 4.78 is 40.0. The number of nitrogens with zero attached hydrogens (tertiary/aromatic N) is 1. The number of halogens is 1. The second-order valence-electron chi connectivity index (χ2n) is 4.64. The molecule has 0 unspecified atom stereocenters. The molecule has 0 amide bonds. The molecule has 0 aliphatic rings. The summed E-state index contributed by atoms with van der Waals surface area (Å²) in [6.45, 7) is 3.68. The molecule has 0 aliphatic carbocycles. The van der Waals surface area contributed by atoms with E-state index in [-0.39, 0.29) is 17.1 Å². The molecule has 0 radical (unpaired) electrons. The molecule has 0 spiro atoms. The standard InChI is InChI=1S/C15H17FN2O2S/c1-3-18(12-8-9-13(16)14(17)10-12)21(19,20)15-7-5-4-6-11(15)2/h4-10H,3,17H2,1-2H3. The van der Waals surface area contributed by atoms with E-state index in [1.165, 1.54) is 22.5 Å². The van der Waals surface area contributed by atoms with E-state index in [1.54, 1.807) is 38.1 Å². The van der Waals surface area contributed by atoms with Gasteiger partial charge in [-0.2, -0.15) is 0 Å². The van der Waals surface area contributed by atoms with Crippen molar-refractivity contribution in [2.75, 3.05) is 16.6 Å². The lowest BCUT2D eigenvalue weighted by atomic mass is 10.2. The zero-order valence-electron chi connectivity index (χ0n) is 11.9. The van der Waals surface area contributed by atoms with Crippen molar-refractivity contribution in [1.29, 1.82) is 0 Å². The van der Waals surface area contributed by atoms with E-state index >= 15 is 0 Å². The maximum absolute atomic E-state index is 13.3. The number of aryl methyl sites for hydroxylation is 1. The molecule has 0 aliphatic heterocycles. The van der Waals surface area contributed by atoms with E-state index in [0.717, 1.165) is 0 Å². The van der Waals surface area contributed by atoms with Gasteiger partial charge in [-0.3, -0.25) is 4.31 Å². The Kier molecular flexibility index (Phi) is 4.18. The molecule has 2 N–H and O–H groups in total. The third-order valence-corrected chi connectivity index (χ3v) is 5.28. The molecule has 4 nitrogen and oxygen atoms in total. The zero-order valence-corrected chi connectivity index (χ0v) is 12.7. The molecule has 2 aromatic carbocycles. The van der Waals surface area contributed by atoms with Gasteiger partial charge in [0.2, 0.25) is 0 Å². The summed E-state index contributed by atoms with van der Waals surface area (Å²) in [5.74, 6) is -0.567. The van der Waals surface area contributed by atoms with Crippen LogP contribution in [0.3, 0.4) is 0 Å². The molecule has 0 aromatic heterocycles. The van der Waals surface area contributed by atoms with Crippen LogP contribution in [0.1, 0.15) is 12.5 Å². The molecule has 21 heavy (non-hydrogen) atoms. The van der Waals surface area contributed by atoms with Crippen molar-refractivity contribution in [1.82, 2.24) is 0 Å². The normalized spacial score (nSPS) is 11.4. The Morgan fingerprint density at radius 3 is 2.43 bits per heavy atom.